The van der Waals surface area contributed by atoms with Crippen molar-refractivity contribution in [1.82, 2.24) is 9.97 Å². The second kappa shape index (κ2) is 10.5. The first-order chi connectivity index (χ1) is 18.3. The highest BCUT2D eigenvalue weighted by molar-refractivity contribution is 6.11. The van der Waals surface area contributed by atoms with Crippen molar-refractivity contribution in [3.05, 3.63) is 89.6 Å². The number of alkyl halides is 3. The SMILES string of the molecule is O=C(Nc1ccc(C(F)(F)F)cc1)Nc1cccc(C(=O)c2ccc3ncc(N4CCOCC4)nc3c2)c1. The second-order valence-corrected chi connectivity index (χ2v) is 8.60. The number of hydrogen-bond acceptors (Lipinski definition) is 6. The van der Waals surface area contributed by atoms with Gasteiger partial charge in [-0.15, -0.1) is 0 Å². The van der Waals surface area contributed by atoms with Gasteiger partial charge in [-0.1, -0.05) is 12.1 Å². The van der Waals surface area contributed by atoms with E-state index in [0.717, 1.165) is 30.1 Å². The highest BCUT2D eigenvalue weighted by Gasteiger charge is 2.30. The van der Waals surface area contributed by atoms with Crippen LogP contribution >= 0.6 is 0 Å². The molecule has 1 saturated heterocycles. The highest BCUT2D eigenvalue weighted by atomic mass is 19.4. The van der Waals surface area contributed by atoms with E-state index in [2.05, 4.69) is 25.5 Å². The largest absolute Gasteiger partial charge is 0.416 e. The lowest BCUT2D eigenvalue weighted by atomic mass is 10.0. The molecule has 1 aromatic heterocycles. The van der Waals surface area contributed by atoms with Gasteiger partial charge in [-0.3, -0.25) is 9.78 Å². The predicted octanol–water partition coefficient (Wildman–Crippen LogP) is 5.36. The Labute approximate surface area is 215 Å². The van der Waals surface area contributed by atoms with Crippen molar-refractivity contribution in [3.63, 3.8) is 0 Å². The number of urea groups is 1. The van der Waals surface area contributed by atoms with Crippen LogP contribution in [0, 0.1) is 0 Å². The van der Waals surface area contributed by atoms with Crippen molar-refractivity contribution in [2.75, 3.05) is 41.8 Å². The van der Waals surface area contributed by atoms with Gasteiger partial charge in [0, 0.05) is 35.6 Å². The maximum atomic E-state index is 13.2. The zero-order valence-electron chi connectivity index (χ0n) is 20.0. The number of nitrogens with one attached hydrogen (secondary N) is 2. The number of nitrogens with zero attached hydrogens (tertiary/aromatic N) is 3. The van der Waals surface area contributed by atoms with E-state index in [1.54, 1.807) is 42.6 Å². The summed E-state index contributed by atoms with van der Waals surface area (Å²) in [5.41, 5.74) is 1.73. The van der Waals surface area contributed by atoms with E-state index < -0.39 is 17.8 Å². The lowest BCUT2D eigenvalue weighted by Crippen LogP contribution is -2.36. The molecule has 0 spiro atoms. The molecule has 11 heteroatoms. The van der Waals surface area contributed by atoms with Gasteiger partial charge >= 0.3 is 12.2 Å². The first-order valence-electron chi connectivity index (χ1n) is 11.8. The van der Waals surface area contributed by atoms with Crippen LogP contribution < -0.4 is 15.5 Å². The van der Waals surface area contributed by atoms with E-state index in [1.807, 2.05) is 0 Å². The third-order valence-corrected chi connectivity index (χ3v) is 5.98. The van der Waals surface area contributed by atoms with Crippen molar-refractivity contribution >= 4 is 40.0 Å². The molecule has 0 bridgehead atoms. The fourth-order valence-electron chi connectivity index (χ4n) is 4.03. The van der Waals surface area contributed by atoms with Crippen LogP contribution in [0.15, 0.2) is 72.9 Å². The molecule has 2 N–H and O–H groups in total. The number of benzene rings is 3. The van der Waals surface area contributed by atoms with Gasteiger partial charge < -0.3 is 20.3 Å². The molecule has 0 aliphatic carbocycles. The summed E-state index contributed by atoms with van der Waals surface area (Å²) in [6, 6.07) is 14.9. The standard InChI is InChI=1S/C27H22F3N5O3/c28-27(29,30)19-5-7-20(8-6-19)32-26(37)33-21-3-1-2-17(14-21)25(36)18-4-9-22-23(15-18)34-24(16-31-22)35-10-12-38-13-11-35/h1-9,14-16H,10-13H2,(H2,32,33,37). The molecule has 38 heavy (non-hydrogen) atoms. The van der Waals surface area contributed by atoms with Gasteiger partial charge in [0.2, 0.25) is 0 Å². The van der Waals surface area contributed by atoms with E-state index in [-0.39, 0.29) is 11.5 Å². The van der Waals surface area contributed by atoms with Gasteiger partial charge in [0.15, 0.2) is 5.78 Å². The van der Waals surface area contributed by atoms with Gasteiger partial charge in [-0.2, -0.15) is 13.2 Å². The zero-order valence-corrected chi connectivity index (χ0v) is 20.0. The van der Waals surface area contributed by atoms with Gasteiger partial charge in [-0.25, -0.2) is 9.78 Å². The van der Waals surface area contributed by atoms with Crippen LogP contribution in [0.2, 0.25) is 0 Å². The third kappa shape index (κ3) is 5.73. The summed E-state index contributed by atoms with van der Waals surface area (Å²) >= 11 is 0. The molecule has 4 aromatic rings. The molecule has 0 radical (unpaired) electrons. The van der Waals surface area contributed by atoms with Crippen molar-refractivity contribution in [3.8, 4) is 0 Å². The minimum atomic E-state index is -4.46. The van der Waals surface area contributed by atoms with Gasteiger partial charge in [0.05, 0.1) is 36.0 Å². The van der Waals surface area contributed by atoms with Crippen LogP contribution in [-0.4, -0.2) is 48.1 Å². The minimum Gasteiger partial charge on any atom is -0.378 e. The molecule has 194 valence electrons. The first-order valence-corrected chi connectivity index (χ1v) is 11.8. The first kappa shape index (κ1) is 25.2. The Morgan fingerprint density at radius 2 is 1.55 bits per heavy atom. The van der Waals surface area contributed by atoms with Gasteiger partial charge in [0.1, 0.15) is 5.82 Å². The van der Waals surface area contributed by atoms with E-state index in [4.69, 9.17) is 4.74 Å². The number of ether oxygens (including phenoxy) is 1. The summed E-state index contributed by atoms with van der Waals surface area (Å²) in [6.07, 6.45) is -2.75. The van der Waals surface area contributed by atoms with Crippen LogP contribution in [0.1, 0.15) is 21.5 Å². The summed E-state index contributed by atoms with van der Waals surface area (Å²) in [4.78, 5) is 36.8. The fourth-order valence-corrected chi connectivity index (χ4v) is 4.03. The molecule has 0 unspecified atom stereocenters. The fraction of sp³-hybridized carbons (Fsp3) is 0.185. The van der Waals surface area contributed by atoms with Gasteiger partial charge in [0.25, 0.3) is 0 Å². The number of aromatic nitrogens is 2. The average Bonchev–Trinajstić information content (AvgIpc) is 2.92. The Hall–Kier alpha value is -4.51. The van der Waals surface area contributed by atoms with Crippen molar-refractivity contribution in [2.45, 2.75) is 6.18 Å². The molecule has 1 aliphatic rings. The number of fused-ring (bicyclic) bond motifs is 1. The molecule has 1 fully saturated rings. The lowest BCUT2D eigenvalue weighted by molar-refractivity contribution is -0.137. The summed E-state index contributed by atoms with van der Waals surface area (Å²) < 4.78 is 43.6. The Bertz CT molecular complexity index is 1490. The average molecular weight is 521 g/mol. The summed E-state index contributed by atoms with van der Waals surface area (Å²) in [6.45, 7) is 2.66. The smallest absolute Gasteiger partial charge is 0.378 e. The highest BCUT2D eigenvalue weighted by Crippen LogP contribution is 2.30. The number of anilines is 3. The summed E-state index contributed by atoms with van der Waals surface area (Å²) in [5, 5.41) is 5.07. The molecule has 2 amide bonds. The number of carbonyl (C=O) groups excluding carboxylic acids is 2. The van der Waals surface area contributed by atoms with E-state index in [1.165, 1.54) is 6.07 Å². The van der Waals surface area contributed by atoms with Crippen molar-refractivity contribution < 1.29 is 27.5 Å². The maximum absolute atomic E-state index is 13.2. The Morgan fingerprint density at radius 1 is 0.842 bits per heavy atom. The lowest BCUT2D eigenvalue weighted by Gasteiger charge is -2.27. The third-order valence-electron chi connectivity index (χ3n) is 5.98. The van der Waals surface area contributed by atoms with Gasteiger partial charge in [-0.05, 0) is 54.6 Å². The van der Waals surface area contributed by atoms with Crippen LogP contribution in [0.25, 0.3) is 11.0 Å². The molecular weight excluding hydrogens is 499 g/mol. The van der Waals surface area contributed by atoms with E-state index >= 15 is 0 Å². The molecular formula is C27H22F3N5O3. The second-order valence-electron chi connectivity index (χ2n) is 8.60. The summed E-state index contributed by atoms with van der Waals surface area (Å²) in [7, 11) is 0. The molecule has 1 aliphatic heterocycles. The monoisotopic (exact) mass is 521 g/mol. The summed E-state index contributed by atoms with van der Waals surface area (Å²) in [5.74, 6) is 0.452. The van der Waals surface area contributed by atoms with E-state index in [9.17, 15) is 22.8 Å². The Morgan fingerprint density at radius 3 is 2.29 bits per heavy atom. The number of amides is 2. The normalized spacial score (nSPS) is 13.8. The number of ketones is 1. The minimum absolute atomic E-state index is 0.191. The molecule has 8 nitrogen and oxygen atoms in total. The quantitative estimate of drug-likeness (QED) is 0.343. The molecule has 3 aromatic carbocycles. The zero-order chi connectivity index (χ0) is 26.7. The Balaban J connectivity index is 1.29. The Kier molecular flexibility index (Phi) is 6.93. The van der Waals surface area contributed by atoms with Crippen molar-refractivity contribution in [1.29, 1.82) is 0 Å². The number of rotatable bonds is 5. The van der Waals surface area contributed by atoms with Crippen LogP contribution in [0.3, 0.4) is 0 Å². The number of hydrogen-bond donors (Lipinski definition) is 2. The maximum Gasteiger partial charge on any atom is 0.416 e. The van der Waals surface area contributed by atoms with Crippen LogP contribution in [0.4, 0.5) is 35.2 Å². The topological polar surface area (TPSA) is 96.5 Å². The van der Waals surface area contributed by atoms with Crippen LogP contribution in [-0.2, 0) is 10.9 Å². The number of morpholine rings is 1. The number of halogens is 3. The number of carbonyl (C=O) groups is 2. The molecule has 2 heterocycles. The molecule has 0 atom stereocenters. The molecule has 0 saturated carbocycles. The van der Waals surface area contributed by atoms with Crippen molar-refractivity contribution in [2.24, 2.45) is 0 Å². The van der Waals surface area contributed by atoms with Crippen LogP contribution in [0.5, 0.6) is 0 Å². The predicted molar refractivity (Wildman–Crippen MR) is 137 cm³/mol. The molecule has 5 rings (SSSR count). The van der Waals surface area contributed by atoms with E-state index in [0.29, 0.717) is 54.2 Å².